The van der Waals surface area contributed by atoms with E-state index in [1.54, 1.807) is 0 Å². The number of carbonyl (C=O) groups is 1. The van der Waals surface area contributed by atoms with Gasteiger partial charge in [-0.2, -0.15) is 0 Å². The van der Waals surface area contributed by atoms with Gasteiger partial charge in [-0.25, -0.2) is 9.36 Å². The maximum Gasteiger partial charge on any atom is 1.00 e. The van der Waals surface area contributed by atoms with Crippen LogP contribution in [-0.2, 0) is 27.6 Å². The van der Waals surface area contributed by atoms with Crippen LogP contribution in [0.1, 0.15) is 1.43 Å². The third-order valence-corrected chi connectivity index (χ3v) is 0.591. The number of carboxylic acid groups (broad SMARTS) is 1. The van der Waals surface area contributed by atoms with E-state index >= 15 is 0 Å². The standard InChI is InChI=1S/CH3O6P.Na.V.H/c2-1(3)7-8(4,5)6;;;/h(H,2,3)(H2,4,5,6);;;/q;+1;;-1. The molecule has 0 aliphatic carbocycles. The van der Waals surface area contributed by atoms with Gasteiger partial charge in [0.15, 0.2) is 0 Å². The molecule has 0 fully saturated rings. The number of hydrogen-bond donors (Lipinski definition) is 3. The van der Waals surface area contributed by atoms with Crippen molar-refractivity contribution in [2.75, 3.05) is 0 Å². The van der Waals surface area contributed by atoms with E-state index < -0.39 is 14.0 Å². The van der Waals surface area contributed by atoms with Gasteiger partial charge >= 0.3 is 43.5 Å². The van der Waals surface area contributed by atoms with E-state index in [2.05, 4.69) is 4.52 Å². The Morgan fingerprint density at radius 3 is 1.80 bits per heavy atom. The van der Waals surface area contributed by atoms with Crippen molar-refractivity contribution in [3.8, 4) is 0 Å². The zero-order chi connectivity index (χ0) is 6.78. The summed E-state index contributed by atoms with van der Waals surface area (Å²) in [4.78, 5) is 24.7. The Bertz CT molecular complexity index is 146. The SMILES string of the molecule is O=C(O)OP(=O)(O)O.[H-].[Na+].[V]. The minimum absolute atomic E-state index is 0. The first-order valence-corrected chi connectivity index (χ1v) is 2.93. The molecule has 6 nitrogen and oxygen atoms in total. The summed E-state index contributed by atoms with van der Waals surface area (Å²) in [5.74, 6) is 0. The summed E-state index contributed by atoms with van der Waals surface area (Å²) in [5, 5.41) is 7.53. The van der Waals surface area contributed by atoms with Crippen LogP contribution in [0.25, 0.3) is 0 Å². The molecule has 0 aliphatic rings. The zero-order valence-electron chi connectivity index (χ0n) is 5.96. The van der Waals surface area contributed by atoms with Crippen LogP contribution in [0.5, 0.6) is 0 Å². The van der Waals surface area contributed by atoms with E-state index in [1.165, 1.54) is 0 Å². The van der Waals surface area contributed by atoms with E-state index in [0.717, 1.165) is 0 Å². The molecule has 0 atom stereocenters. The predicted octanol–water partition coefficient (Wildman–Crippen LogP) is -3.11. The topological polar surface area (TPSA) is 104 Å². The molecule has 0 spiro atoms. The largest absolute Gasteiger partial charge is 1.00 e. The van der Waals surface area contributed by atoms with E-state index in [1.807, 2.05) is 0 Å². The molecule has 0 aliphatic heterocycles. The number of rotatable bonds is 1. The maximum absolute atomic E-state index is 9.53. The van der Waals surface area contributed by atoms with Crippen molar-refractivity contribution in [2.45, 2.75) is 0 Å². The maximum atomic E-state index is 9.53. The normalized spacial score (nSPS) is 8.60. The van der Waals surface area contributed by atoms with Crippen molar-refractivity contribution in [1.82, 2.24) is 0 Å². The molecule has 1 radical (unpaired) electrons. The summed E-state index contributed by atoms with van der Waals surface area (Å²) < 4.78 is 12.6. The quantitative estimate of drug-likeness (QED) is 0.317. The first-order chi connectivity index (χ1) is 3.42. The first-order valence-electron chi connectivity index (χ1n) is 1.40. The second-order valence-electron chi connectivity index (χ2n) is 0.848. The number of phosphoric ester groups is 1. The Kier molecular flexibility index (Phi) is 11.5. The Labute approximate surface area is 91.9 Å². The van der Waals surface area contributed by atoms with Gasteiger partial charge in [0.05, 0.1) is 0 Å². The van der Waals surface area contributed by atoms with Gasteiger partial charge in [-0.3, -0.25) is 9.79 Å². The van der Waals surface area contributed by atoms with Gasteiger partial charge in [0.25, 0.3) is 0 Å². The molecule has 55 valence electrons. The summed E-state index contributed by atoms with van der Waals surface area (Å²) >= 11 is 0. The third kappa shape index (κ3) is 16.0. The summed E-state index contributed by atoms with van der Waals surface area (Å²) in [6, 6.07) is 0. The van der Waals surface area contributed by atoms with Crippen LogP contribution < -0.4 is 29.6 Å². The average Bonchev–Trinajstić information content (AvgIpc) is 1.21. The molecule has 0 amide bonds. The van der Waals surface area contributed by atoms with Crippen LogP contribution in [0.2, 0.25) is 0 Å². The molecule has 0 saturated heterocycles. The van der Waals surface area contributed by atoms with E-state index in [9.17, 15) is 9.36 Å². The van der Waals surface area contributed by atoms with E-state index in [0.29, 0.717) is 0 Å². The molecule has 3 N–H and O–H groups in total. The van der Waals surface area contributed by atoms with Gasteiger partial charge in [0, 0.05) is 18.6 Å². The minimum atomic E-state index is -4.82. The summed E-state index contributed by atoms with van der Waals surface area (Å²) in [6.07, 6.45) is -1.99. The number of hydrogen-bond acceptors (Lipinski definition) is 3. The summed E-state index contributed by atoms with van der Waals surface area (Å²) in [6.45, 7) is 0. The molecule has 0 heterocycles. The third-order valence-electron chi connectivity index (χ3n) is 0.197. The Hall–Kier alpha value is 1.00. The van der Waals surface area contributed by atoms with Gasteiger partial charge in [-0.1, -0.05) is 0 Å². The molecule has 0 aromatic rings. The van der Waals surface area contributed by atoms with Crippen LogP contribution in [0.3, 0.4) is 0 Å². The molecule has 0 saturated carbocycles. The van der Waals surface area contributed by atoms with Crippen molar-refractivity contribution in [3.63, 3.8) is 0 Å². The molecule has 10 heavy (non-hydrogen) atoms. The van der Waals surface area contributed by atoms with Gasteiger partial charge < -0.3 is 11.1 Å². The molecule has 0 bridgehead atoms. The van der Waals surface area contributed by atoms with Gasteiger partial charge in [-0.15, -0.1) is 0 Å². The second-order valence-corrected chi connectivity index (χ2v) is 2.01. The minimum Gasteiger partial charge on any atom is -1.00 e. The van der Waals surface area contributed by atoms with Crippen molar-refractivity contribution < 1.29 is 78.3 Å². The fourth-order valence-electron chi connectivity index (χ4n) is 0.102. The fraction of sp³-hybridized carbons (Fsp3) is 0. The molecule has 0 rings (SSSR count). The smallest absolute Gasteiger partial charge is 1.00 e. The van der Waals surface area contributed by atoms with Crippen LogP contribution in [0.4, 0.5) is 4.79 Å². The molecule has 0 unspecified atom stereocenters. The van der Waals surface area contributed by atoms with Gasteiger partial charge in [0.1, 0.15) is 0 Å². The van der Waals surface area contributed by atoms with E-state index in [-0.39, 0.29) is 49.5 Å². The molecule has 0 aromatic heterocycles. The fourth-order valence-corrected chi connectivity index (χ4v) is 0.305. The molecule has 9 heteroatoms. The Morgan fingerprint density at radius 1 is 1.50 bits per heavy atom. The zero-order valence-corrected chi connectivity index (χ0v) is 9.25. The van der Waals surface area contributed by atoms with Crippen LogP contribution in [-0.4, -0.2) is 21.0 Å². The monoisotopic (exact) mass is 217 g/mol. The van der Waals surface area contributed by atoms with Crippen molar-refractivity contribution in [3.05, 3.63) is 0 Å². The van der Waals surface area contributed by atoms with Crippen molar-refractivity contribution in [1.29, 1.82) is 0 Å². The van der Waals surface area contributed by atoms with Crippen molar-refractivity contribution in [2.24, 2.45) is 0 Å². The van der Waals surface area contributed by atoms with Gasteiger partial charge in [-0.05, 0) is 0 Å². The molecule has 0 aromatic carbocycles. The average molecular weight is 217 g/mol. The van der Waals surface area contributed by atoms with Gasteiger partial charge in [0.2, 0.25) is 0 Å². The van der Waals surface area contributed by atoms with Crippen LogP contribution in [0.15, 0.2) is 0 Å². The Morgan fingerprint density at radius 2 is 1.80 bits per heavy atom. The predicted molar refractivity (Wildman–Crippen MR) is 22.3 cm³/mol. The number of phosphoric acid groups is 1. The van der Waals surface area contributed by atoms with Crippen LogP contribution >= 0.6 is 7.82 Å². The summed E-state index contributed by atoms with van der Waals surface area (Å²) in [7, 11) is -4.82. The summed E-state index contributed by atoms with van der Waals surface area (Å²) in [5.41, 5.74) is 0. The molecular formula is CH4NaO6PV. The molecular weight excluding hydrogens is 213 g/mol. The van der Waals surface area contributed by atoms with Crippen LogP contribution in [0, 0.1) is 0 Å². The van der Waals surface area contributed by atoms with E-state index in [4.69, 9.17) is 14.9 Å². The second kappa shape index (κ2) is 6.70. The Balaban J connectivity index is -0.0000000817. The first kappa shape index (κ1) is 17.2. The van der Waals surface area contributed by atoms with Crippen molar-refractivity contribution >= 4 is 14.0 Å².